The van der Waals surface area contributed by atoms with Crippen LogP contribution in [0.2, 0.25) is 0 Å². The Balaban J connectivity index is 1.78. The molecule has 1 N–H and O–H groups in total. The molecule has 0 saturated heterocycles. The molecule has 0 spiro atoms. The summed E-state index contributed by atoms with van der Waals surface area (Å²) in [4.78, 5) is 12.8. The van der Waals surface area contributed by atoms with Gasteiger partial charge in [0.15, 0.2) is 0 Å². The van der Waals surface area contributed by atoms with E-state index in [4.69, 9.17) is 8.83 Å². The van der Waals surface area contributed by atoms with E-state index in [1.165, 1.54) is 5.56 Å². The topological polar surface area (TPSA) is 55.4 Å². The molecule has 0 aliphatic carbocycles. The Kier molecular flexibility index (Phi) is 4.09. The molecule has 1 amide bonds. The van der Waals surface area contributed by atoms with Gasteiger partial charge in [-0.25, -0.2) is 0 Å². The van der Waals surface area contributed by atoms with Gasteiger partial charge in [-0.3, -0.25) is 4.79 Å². The van der Waals surface area contributed by atoms with E-state index in [9.17, 15) is 4.79 Å². The monoisotopic (exact) mass is 345 g/mol. The zero-order chi connectivity index (χ0) is 18.1. The zero-order valence-corrected chi connectivity index (χ0v) is 14.7. The van der Waals surface area contributed by atoms with Crippen LogP contribution in [0.25, 0.3) is 22.1 Å². The summed E-state index contributed by atoms with van der Waals surface area (Å²) in [5.41, 5.74) is 4.77. The SMILES string of the molecule is Cc1ccc(-c2c(C(=O)NCc3ccco3)oc3ccc(C)cc23)cc1. The highest BCUT2D eigenvalue weighted by Crippen LogP contribution is 2.35. The van der Waals surface area contributed by atoms with Gasteiger partial charge in [-0.2, -0.15) is 0 Å². The highest BCUT2D eigenvalue weighted by Gasteiger charge is 2.22. The Hall–Kier alpha value is -3.27. The summed E-state index contributed by atoms with van der Waals surface area (Å²) in [6, 6.07) is 17.7. The molecule has 0 unspecified atom stereocenters. The molecule has 2 aromatic carbocycles. The van der Waals surface area contributed by atoms with Crippen molar-refractivity contribution in [2.75, 3.05) is 0 Å². The summed E-state index contributed by atoms with van der Waals surface area (Å²) in [5, 5.41) is 3.81. The van der Waals surface area contributed by atoms with E-state index in [0.717, 1.165) is 22.1 Å². The van der Waals surface area contributed by atoms with Crippen LogP contribution in [0.5, 0.6) is 0 Å². The number of benzene rings is 2. The number of fused-ring (bicyclic) bond motifs is 1. The normalized spacial score (nSPS) is 11.0. The number of hydrogen-bond donors (Lipinski definition) is 1. The smallest absolute Gasteiger partial charge is 0.288 e. The van der Waals surface area contributed by atoms with Gasteiger partial charge in [0, 0.05) is 10.9 Å². The lowest BCUT2D eigenvalue weighted by molar-refractivity contribution is 0.0923. The Morgan fingerprint density at radius 3 is 2.50 bits per heavy atom. The van der Waals surface area contributed by atoms with Gasteiger partial charge in [0.1, 0.15) is 11.3 Å². The van der Waals surface area contributed by atoms with E-state index in [1.807, 2.05) is 56.3 Å². The number of amides is 1. The summed E-state index contributed by atoms with van der Waals surface area (Å²) in [5.74, 6) is 0.758. The van der Waals surface area contributed by atoms with Crippen LogP contribution in [0, 0.1) is 13.8 Å². The van der Waals surface area contributed by atoms with Crippen LogP contribution in [0.1, 0.15) is 27.4 Å². The molecule has 2 aromatic heterocycles. The highest BCUT2D eigenvalue weighted by molar-refractivity contribution is 6.08. The quantitative estimate of drug-likeness (QED) is 0.550. The van der Waals surface area contributed by atoms with Crippen LogP contribution in [-0.2, 0) is 6.54 Å². The number of aryl methyl sites for hydroxylation is 2. The number of hydrogen-bond acceptors (Lipinski definition) is 3. The molecule has 4 rings (SSSR count). The minimum Gasteiger partial charge on any atom is -0.467 e. The number of nitrogens with one attached hydrogen (secondary N) is 1. The molecule has 4 nitrogen and oxygen atoms in total. The lowest BCUT2D eigenvalue weighted by atomic mass is 9.99. The lowest BCUT2D eigenvalue weighted by Gasteiger charge is -2.05. The summed E-state index contributed by atoms with van der Waals surface area (Å²) >= 11 is 0. The van der Waals surface area contributed by atoms with Gasteiger partial charge in [0.05, 0.1) is 12.8 Å². The summed E-state index contributed by atoms with van der Waals surface area (Å²) in [6.07, 6.45) is 1.59. The first-order valence-corrected chi connectivity index (χ1v) is 8.52. The molecule has 0 aliphatic rings. The van der Waals surface area contributed by atoms with Gasteiger partial charge in [0.25, 0.3) is 5.91 Å². The first-order chi connectivity index (χ1) is 12.6. The average molecular weight is 345 g/mol. The molecular formula is C22H19NO3. The van der Waals surface area contributed by atoms with Crippen molar-refractivity contribution in [2.45, 2.75) is 20.4 Å². The molecule has 0 saturated carbocycles. The van der Waals surface area contributed by atoms with E-state index < -0.39 is 0 Å². The lowest BCUT2D eigenvalue weighted by Crippen LogP contribution is -2.22. The number of rotatable bonds is 4. The van der Waals surface area contributed by atoms with Crippen LogP contribution >= 0.6 is 0 Å². The molecule has 2 heterocycles. The average Bonchev–Trinajstić information content (AvgIpc) is 3.28. The van der Waals surface area contributed by atoms with Crippen LogP contribution in [0.15, 0.2) is 69.7 Å². The van der Waals surface area contributed by atoms with Gasteiger partial charge in [-0.1, -0.05) is 41.5 Å². The maximum absolute atomic E-state index is 12.8. The molecule has 4 aromatic rings. The van der Waals surface area contributed by atoms with Crippen molar-refractivity contribution in [3.63, 3.8) is 0 Å². The van der Waals surface area contributed by atoms with Crippen molar-refractivity contribution in [1.29, 1.82) is 0 Å². The van der Waals surface area contributed by atoms with Crippen LogP contribution < -0.4 is 5.32 Å². The first-order valence-electron chi connectivity index (χ1n) is 8.52. The number of carbonyl (C=O) groups excluding carboxylic acids is 1. The second kappa shape index (κ2) is 6.56. The van der Waals surface area contributed by atoms with Crippen molar-refractivity contribution in [3.8, 4) is 11.1 Å². The fraction of sp³-hybridized carbons (Fsp3) is 0.136. The largest absolute Gasteiger partial charge is 0.467 e. The van der Waals surface area contributed by atoms with Crippen molar-refractivity contribution in [1.82, 2.24) is 5.32 Å². The van der Waals surface area contributed by atoms with Crippen LogP contribution in [-0.4, -0.2) is 5.91 Å². The third-order valence-electron chi connectivity index (χ3n) is 4.39. The maximum Gasteiger partial charge on any atom is 0.288 e. The molecule has 0 aliphatic heterocycles. The minimum absolute atomic E-state index is 0.258. The second-order valence-electron chi connectivity index (χ2n) is 6.43. The highest BCUT2D eigenvalue weighted by atomic mass is 16.3. The Labute approximate surface area is 151 Å². The molecule has 4 heteroatoms. The summed E-state index contributed by atoms with van der Waals surface area (Å²) < 4.78 is 11.2. The van der Waals surface area contributed by atoms with Crippen molar-refractivity contribution < 1.29 is 13.6 Å². The molecule has 130 valence electrons. The van der Waals surface area contributed by atoms with Gasteiger partial charge in [-0.15, -0.1) is 0 Å². The molecule has 0 bridgehead atoms. The molecule has 0 fully saturated rings. The van der Waals surface area contributed by atoms with E-state index in [0.29, 0.717) is 23.6 Å². The van der Waals surface area contributed by atoms with E-state index in [2.05, 4.69) is 11.4 Å². The van der Waals surface area contributed by atoms with Crippen molar-refractivity contribution in [2.24, 2.45) is 0 Å². The van der Waals surface area contributed by atoms with Gasteiger partial charge in [-0.05, 0) is 43.7 Å². The Morgan fingerprint density at radius 2 is 1.77 bits per heavy atom. The van der Waals surface area contributed by atoms with Gasteiger partial charge >= 0.3 is 0 Å². The van der Waals surface area contributed by atoms with Crippen LogP contribution in [0.3, 0.4) is 0 Å². The summed E-state index contributed by atoms with van der Waals surface area (Å²) in [6.45, 7) is 4.38. The maximum atomic E-state index is 12.8. The fourth-order valence-electron chi connectivity index (χ4n) is 3.04. The number of furan rings is 2. The van der Waals surface area contributed by atoms with Gasteiger partial charge in [0.2, 0.25) is 5.76 Å². The van der Waals surface area contributed by atoms with E-state index in [1.54, 1.807) is 12.3 Å². The third kappa shape index (κ3) is 3.02. The Bertz CT molecular complexity index is 1060. The third-order valence-corrected chi connectivity index (χ3v) is 4.39. The number of carbonyl (C=O) groups is 1. The summed E-state index contributed by atoms with van der Waals surface area (Å²) in [7, 11) is 0. The first kappa shape index (κ1) is 16.2. The molecule has 0 radical (unpaired) electrons. The second-order valence-corrected chi connectivity index (χ2v) is 6.43. The van der Waals surface area contributed by atoms with E-state index in [-0.39, 0.29) is 5.91 Å². The predicted molar refractivity (Wildman–Crippen MR) is 101 cm³/mol. The molecule has 0 atom stereocenters. The van der Waals surface area contributed by atoms with Crippen LogP contribution in [0.4, 0.5) is 0 Å². The fourth-order valence-corrected chi connectivity index (χ4v) is 3.04. The van der Waals surface area contributed by atoms with Crippen molar-refractivity contribution >= 4 is 16.9 Å². The van der Waals surface area contributed by atoms with E-state index >= 15 is 0 Å². The standard InChI is InChI=1S/C22H19NO3/c1-14-5-8-16(9-6-14)20-18-12-15(2)7-10-19(18)26-21(20)22(24)23-13-17-4-3-11-25-17/h3-12H,13H2,1-2H3,(H,23,24). The molecule has 26 heavy (non-hydrogen) atoms. The van der Waals surface area contributed by atoms with Gasteiger partial charge < -0.3 is 14.2 Å². The minimum atomic E-state index is -0.258. The Morgan fingerprint density at radius 1 is 1.00 bits per heavy atom. The van der Waals surface area contributed by atoms with Crippen molar-refractivity contribution in [3.05, 3.63) is 83.5 Å². The predicted octanol–water partition coefficient (Wildman–Crippen LogP) is 5.24. The molecular weight excluding hydrogens is 326 g/mol. The zero-order valence-electron chi connectivity index (χ0n) is 14.7.